The highest BCUT2D eigenvalue weighted by Crippen LogP contribution is 2.25. The van der Waals surface area contributed by atoms with Crippen LogP contribution in [-0.2, 0) is 9.05 Å². The van der Waals surface area contributed by atoms with E-state index in [1.807, 2.05) is 0 Å². The Kier molecular flexibility index (Phi) is 2.25. The zero-order valence-electron chi connectivity index (χ0n) is 5.66. The van der Waals surface area contributed by atoms with Gasteiger partial charge in [-0.3, -0.25) is 0 Å². The smallest absolute Gasteiger partial charge is 0.264 e. The Balaban J connectivity index is 3.39. The molecule has 1 aromatic carbocycles. The topological polar surface area (TPSA) is 54.4 Å². The van der Waals surface area contributed by atoms with Gasteiger partial charge >= 0.3 is 0 Å². The van der Waals surface area contributed by atoms with Gasteiger partial charge in [0.25, 0.3) is 9.05 Å². The van der Waals surface area contributed by atoms with Crippen LogP contribution in [0.3, 0.4) is 0 Å². The lowest BCUT2D eigenvalue weighted by Gasteiger charge is -1.98. The summed E-state index contributed by atoms with van der Waals surface area (Å²) in [6, 6.07) is 2.47. The molecule has 0 unspecified atom stereocenters. The summed E-state index contributed by atoms with van der Waals surface area (Å²) in [4.78, 5) is -0.495. The number of aromatic hydroxyl groups is 1. The first-order valence-electron chi connectivity index (χ1n) is 2.84. The Morgan fingerprint density at radius 3 is 2.42 bits per heavy atom. The molecule has 0 saturated carbocycles. The maximum Gasteiger partial charge on any atom is 0.264 e. The van der Waals surface area contributed by atoms with Crippen molar-refractivity contribution >= 4 is 19.7 Å². The van der Waals surface area contributed by atoms with E-state index >= 15 is 0 Å². The van der Waals surface area contributed by atoms with E-state index < -0.39 is 25.5 Å². The number of hydrogen-bond acceptors (Lipinski definition) is 3. The normalized spacial score (nSPS) is 11.5. The fraction of sp³-hybridized carbons (Fsp3) is 0. The van der Waals surface area contributed by atoms with Crippen LogP contribution in [0.5, 0.6) is 5.75 Å². The van der Waals surface area contributed by atoms with Crippen LogP contribution in [0.4, 0.5) is 4.39 Å². The van der Waals surface area contributed by atoms with Gasteiger partial charge in [-0.1, -0.05) is 0 Å². The van der Waals surface area contributed by atoms with E-state index in [9.17, 15) is 12.8 Å². The van der Waals surface area contributed by atoms with Crippen molar-refractivity contribution < 1.29 is 17.9 Å². The molecule has 0 atom stereocenters. The van der Waals surface area contributed by atoms with E-state index in [4.69, 9.17) is 15.8 Å². The summed E-state index contributed by atoms with van der Waals surface area (Å²) < 4.78 is 33.6. The number of benzene rings is 1. The van der Waals surface area contributed by atoms with Gasteiger partial charge in [0.1, 0.15) is 16.5 Å². The molecule has 0 spiro atoms. The predicted octanol–water partition coefficient (Wildman–Crippen LogP) is 1.46. The molecule has 1 rings (SSSR count). The number of phenolic OH excluding ortho intramolecular Hbond substituents is 1. The molecule has 12 heavy (non-hydrogen) atoms. The molecule has 0 aliphatic heterocycles. The molecule has 66 valence electrons. The van der Waals surface area contributed by atoms with Gasteiger partial charge in [0.05, 0.1) is 0 Å². The highest BCUT2D eigenvalue weighted by molar-refractivity contribution is 8.13. The minimum Gasteiger partial charge on any atom is -0.506 e. The third-order valence-corrected chi connectivity index (χ3v) is 2.55. The number of phenols is 1. The van der Waals surface area contributed by atoms with Gasteiger partial charge in [-0.15, -0.1) is 0 Å². The Hall–Kier alpha value is -0.810. The van der Waals surface area contributed by atoms with Crippen LogP contribution in [0.15, 0.2) is 23.1 Å². The maximum absolute atomic E-state index is 12.3. The predicted molar refractivity (Wildman–Crippen MR) is 41.1 cm³/mol. The first-order chi connectivity index (χ1) is 5.41. The van der Waals surface area contributed by atoms with Gasteiger partial charge in [-0.25, -0.2) is 12.8 Å². The number of halogens is 2. The highest BCUT2D eigenvalue weighted by Gasteiger charge is 2.15. The maximum atomic E-state index is 12.3. The van der Waals surface area contributed by atoms with E-state index in [2.05, 4.69) is 0 Å². The highest BCUT2D eigenvalue weighted by atomic mass is 35.7. The van der Waals surface area contributed by atoms with Crippen LogP contribution in [-0.4, -0.2) is 13.5 Å². The van der Waals surface area contributed by atoms with Gasteiger partial charge < -0.3 is 5.11 Å². The molecule has 3 nitrogen and oxygen atoms in total. The molecule has 0 bridgehead atoms. The minimum absolute atomic E-state index is 0.495. The van der Waals surface area contributed by atoms with E-state index in [0.29, 0.717) is 6.07 Å². The summed E-state index contributed by atoms with van der Waals surface area (Å²) in [6.45, 7) is 0. The van der Waals surface area contributed by atoms with Crippen LogP contribution in [0.25, 0.3) is 0 Å². The quantitative estimate of drug-likeness (QED) is 0.714. The van der Waals surface area contributed by atoms with E-state index in [0.717, 1.165) is 12.1 Å². The lowest BCUT2D eigenvalue weighted by molar-refractivity contribution is 0.453. The standard InChI is InChI=1S/C6H4ClFO3S/c7-12(10,11)6-2-1-4(8)3-5(6)9/h1-3,9H. The second-order valence-electron chi connectivity index (χ2n) is 2.05. The zero-order valence-corrected chi connectivity index (χ0v) is 7.23. The summed E-state index contributed by atoms with van der Waals surface area (Å²) in [5.41, 5.74) is 0. The Labute approximate surface area is 72.8 Å². The monoisotopic (exact) mass is 210 g/mol. The third kappa shape index (κ3) is 1.86. The summed E-state index contributed by atoms with van der Waals surface area (Å²) in [5, 5.41) is 8.92. The van der Waals surface area contributed by atoms with Gasteiger partial charge in [0.15, 0.2) is 0 Å². The van der Waals surface area contributed by atoms with Crippen molar-refractivity contribution in [1.82, 2.24) is 0 Å². The largest absolute Gasteiger partial charge is 0.506 e. The molecule has 1 aromatic rings. The molecular formula is C6H4ClFO3S. The minimum atomic E-state index is -3.99. The van der Waals surface area contributed by atoms with Gasteiger partial charge in [-0.2, -0.15) is 0 Å². The van der Waals surface area contributed by atoms with Crippen molar-refractivity contribution in [2.45, 2.75) is 4.90 Å². The van der Waals surface area contributed by atoms with E-state index in [1.165, 1.54) is 0 Å². The van der Waals surface area contributed by atoms with Crippen LogP contribution in [0.1, 0.15) is 0 Å². The van der Waals surface area contributed by atoms with Crippen LogP contribution >= 0.6 is 10.7 Å². The molecule has 0 heterocycles. The zero-order chi connectivity index (χ0) is 9.35. The molecule has 0 fully saturated rings. The third-order valence-electron chi connectivity index (χ3n) is 1.18. The number of rotatable bonds is 1. The first-order valence-corrected chi connectivity index (χ1v) is 5.15. The molecule has 0 saturated heterocycles. The fourth-order valence-corrected chi connectivity index (χ4v) is 1.63. The fourth-order valence-electron chi connectivity index (χ4n) is 0.697. The van der Waals surface area contributed by atoms with Gasteiger partial charge in [0, 0.05) is 16.7 Å². The molecule has 0 amide bonds. The van der Waals surface area contributed by atoms with Crippen molar-refractivity contribution in [1.29, 1.82) is 0 Å². The van der Waals surface area contributed by atoms with Crippen LogP contribution in [0.2, 0.25) is 0 Å². The summed E-state index contributed by atoms with van der Waals surface area (Å²) in [6.07, 6.45) is 0. The Bertz CT molecular complexity index is 401. The van der Waals surface area contributed by atoms with E-state index in [-0.39, 0.29) is 0 Å². The molecule has 0 aliphatic rings. The average Bonchev–Trinajstić information content (AvgIpc) is 1.83. The molecule has 0 radical (unpaired) electrons. The average molecular weight is 211 g/mol. The van der Waals surface area contributed by atoms with Crippen molar-refractivity contribution in [3.63, 3.8) is 0 Å². The Morgan fingerprint density at radius 1 is 1.42 bits per heavy atom. The molecular weight excluding hydrogens is 207 g/mol. The van der Waals surface area contributed by atoms with Crippen molar-refractivity contribution in [3.8, 4) is 5.75 Å². The lowest BCUT2D eigenvalue weighted by atomic mass is 10.3. The van der Waals surface area contributed by atoms with Crippen LogP contribution in [0, 0.1) is 5.82 Å². The second-order valence-corrected chi connectivity index (χ2v) is 4.58. The molecule has 0 aliphatic carbocycles. The van der Waals surface area contributed by atoms with Gasteiger partial charge in [-0.05, 0) is 12.1 Å². The number of hydrogen-bond donors (Lipinski definition) is 1. The SMILES string of the molecule is O=S(=O)(Cl)c1ccc(F)cc1O. The van der Waals surface area contributed by atoms with Gasteiger partial charge in [0.2, 0.25) is 0 Å². The second kappa shape index (κ2) is 2.91. The first kappa shape index (κ1) is 9.28. The molecule has 1 N–H and O–H groups in total. The lowest BCUT2D eigenvalue weighted by Crippen LogP contribution is -1.91. The summed E-state index contributed by atoms with van der Waals surface area (Å²) in [5.74, 6) is -1.42. The summed E-state index contributed by atoms with van der Waals surface area (Å²) >= 11 is 0. The van der Waals surface area contributed by atoms with Crippen molar-refractivity contribution in [3.05, 3.63) is 24.0 Å². The van der Waals surface area contributed by atoms with Crippen LogP contribution < -0.4 is 0 Å². The molecule has 6 heteroatoms. The van der Waals surface area contributed by atoms with Crippen molar-refractivity contribution in [2.75, 3.05) is 0 Å². The summed E-state index contributed by atoms with van der Waals surface area (Å²) in [7, 11) is 0.911. The Morgan fingerprint density at radius 2 is 2.00 bits per heavy atom. The molecule has 0 aromatic heterocycles. The van der Waals surface area contributed by atoms with Crippen molar-refractivity contribution in [2.24, 2.45) is 0 Å². The van der Waals surface area contributed by atoms with E-state index in [1.54, 1.807) is 0 Å².